The second-order valence-electron chi connectivity index (χ2n) is 3.90. The van der Waals surface area contributed by atoms with E-state index >= 15 is 0 Å². The van der Waals surface area contributed by atoms with Crippen molar-refractivity contribution >= 4 is 27.5 Å². The first kappa shape index (κ1) is 10.5. The molecule has 0 aliphatic heterocycles. The summed E-state index contributed by atoms with van der Waals surface area (Å²) in [6.45, 7) is 2.26. The molecule has 0 spiro atoms. The predicted octanol–water partition coefficient (Wildman–Crippen LogP) is 3.56. The van der Waals surface area contributed by atoms with Crippen molar-refractivity contribution in [3.05, 3.63) is 32.8 Å². The van der Waals surface area contributed by atoms with Gasteiger partial charge in [0.2, 0.25) is 0 Å². The molecule has 14 heavy (non-hydrogen) atoms. The van der Waals surface area contributed by atoms with E-state index in [0.29, 0.717) is 12.0 Å². The fourth-order valence-electron chi connectivity index (χ4n) is 2.30. The number of hydrogen-bond donors (Lipinski definition) is 1. The third-order valence-corrected chi connectivity index (χ3v) is 3.73. The van der Waals surface area contributed by atoms with Crippen molar-refractivity contribution in [2.45, 2.75) is 19.4 Å². The molecule has 3 heteroatoms. The van der Waals surface area contributed by atoms with Crippen molar-refractivity contribution in [2.24, 2.45) is 5.92 Å². The van der Waals surface area contributed by atoms with Gasteiger partial charge < -0.3 is 5.32 Å². The quantitative estimate of drug-likeness (QED) is 0.826. The van der Waals surface area contributed by atoms with Crippen LogP contribution in [-0.4, -0.2) is 7.05 Å². The van der Waals surface area contributed by atoms with Crippen molar-refractivity contribution in [3.63, 3.8) is 0 Å². The van der Waals surface area contributed by atoms with Crippen LogP contribution in [0.25, 0.3) is 0 Å². The minimum Gasteiger partial charge on any atom is -0.313 e. The molecule has 1 nitrogen and oxygen atoms in total. The van der Waals surface area contributed by atoms with E-state index in [4.69, 9.17) is 11.6 Å². The molecular formula is C11H13BrClN. The summed E-state index contributed by atoms with van der Waals surface area (Å²) in [5, 5.41) is 4.23. The Morgan fingerprint density at radius 2 is 2.21 bits per heavy atom. The van der Waals surface area contributed by atoms with Crippen molar-refractivity contribution < 1.29 is 0 Å². The van der Waals surface area contributed by atoms with E-state index in [2.05, 4.69) is 34.2 Å². The van der Waals surface area contributed by atoms with Crippen molar-refractivity contribution in [2.75, 3.05) is 7.05 Å². The van der Waals surface area contributed by atoms with Crippen LogP contribution in [0.4, 0.5) is 0 Å². The van der Waals surface area contributed by atoms with Gasteiger partial charge in [0, 0.05) is 15.5 Å². The lowest BCUT2D eigenvalue weighted by atomic mass is 10.0. The van der Waals surface area contributed by atoms with Crippen molar-refractivity contribution in [1.29, 1.82) is 0 Å². The highest BCUT2D eigenvalue weighted by atomic mass is 79.9. The SMILES string of the molecule is CNC1c2cc(Br)cc(Cl)c2CC1C. The van der Waals surface area contributed by atoms with Gasteiger partial charge in [0.1, 0.15) is 0 Å². The van der Waals surface area contributed by atoms with Crippen LogP contribution in [0.3, 0.4) is 0 Å². The van der Waals surface area contributed by atoms with Gasteiger partial charge in [-0.25, -0.2) is 0 Å². The largest absolute Gasteiger partial charge is 0.313 e. The topological polar surface area (TPSA) is 12.0 Å². The summed E-state index contributed by atoms with van der Waals surface area (Å²) in [5.41, 5.74) is 2.65. The molecule has 0 radical (unpaired) electrons. The van der Waals surface area contributed by atoms with E-state index in [0.717, 1.165) is 15.9 Å². The predicted molar refractivity (Wildman–Crippen MR) is 63.8 cm³/mol. The van der Waals surface area contributed by atoms with Crippen molar-refractivity contribution in [3.8, 4) is 0 Å². The van der Waals surface area contributed by atoms with Gasteiger partial charge in [0.05, 0.1) is 0 Å². The van der Waals surface area contributed by atoms with E-state index in [-0.39, 0.29) is 0 Å². The van der Waals surface area contributed by atoms with Gasteiger partial charge in [-0.15, -0.1) is 0 Å². The molecule has 0 amide bonds. The number of fused-ring (bicyclic) bond motifs is 1. The molecule has 0 saturated carbocycles. The van der Waals surface area contributed by atoms with Gasteiger partial charge >= 0.3 is 0 Å². The number of benzene rings is 1. The monoisotopic (exact) mass is 273 g/mol. The van der Waals surface area contributed by atoms with Crippen LogP contribution in [0.5, 0.6) is 0 Å². The van der Waals surface area contributed by atoms with E-state index < -0.39 is 0 Å². The summed E-state index contributed by atoms with van der Waals surface area (Å²) >= 11 is 9.68. The normalized spacial score (nSPS) is 25.1. The van der Waals surface area contributed by atoms with E-state index in [1.54, 1.807) is 0 Å². The Bertz CT molecular complexity index is 365. The summed E-state index contributed by atoms with van der Waals surface area (Å²) < 4.78 is 1.07. The Morgan fingerprint density at radius 3 is 2.86 bits per heavy atom. The highest BCUT2D eigenvalue weighted by molar-refractivity contribution is 9.10. The van der Waals surface area contributed by atoms with Gasteiger partial charge in [-0.3, -0.25) is 0 Å². The Morgan fingerprint density at radius 1 is 1.50 bits per heavy atom. The Balaban J connectivity index is 2.53. The zero-order valence-corrected chi connectivity index (χ0v) is 10.6. The third-order valence-electron chi connectivity index (χ3n) is 2.94. The molecule has 0 fully saturated rings. The highest BCUT2D eigenvalue weighted by Crippen LogP contribution is 2.40. The van der Waals surface area contributed by atoms with Gasteiger partial charge in [0.25, 0.3) is 0 Å². The molecular weight excluding hydrogens is 261 g/mol. The first-order valence-corrected chi connectivity index (χ1v) is 5.95. The van der Waals surface area contributed by atoms with Gasteiger partial charge in [-0.05, 0) is 42.6 Å². The summed E-state index contributed by atoms with van der Waals surface area (Å²) in [6, 6.07) is 4.59. The summed E-state index contributed by atoms with van der Waals surface area (Å²) in [7, 11) is 2.01. The lowest BCUT2D eigenvalue weighted by Gasteiger charge is -2.15. The average molecular weight is 275 g/mol. The lowest BCUT2D eigenvalue weighted by molar-refractivity contribution is 0.447. The first-order chi connectivity index (χ1) is 6.63. The summed E-state index contributed by atoms with van der Waals surface area (Å²) in [4.78, 5) is 0. The van der Waals surface area contributed by atoms with Crippen LogP contribution in [0.15, 0.2) is 16.6 Å². The molecule has 2 unspecified atom stereocenters. The molecule has 1 aliphatic carbocycles. The molecule has 1 N–H and O–H groups in total. The fourth-order valence-corrected chi connectivity index (χ4v) is 3.21. The van der Waals surface area contributed by atoms with E-state index in [1.165, 1.54) is 11.1 Å². The maximum absolute atomic E-state index is 6.20. The van der Waals surface area contributed by atoms with Gasteiger partial charge in [0.15, 0.2) is 0 Å². The molecule has 0 bridgehead atoms. The van der Waals surface area contributed by atoms with Crippen LogP contribution in [0, 0.1) is 5.92 Å². The van der Waals surface area contributed by atoms with Crippen LogP contribution in [0.1, 0.15) is 24.1 Å². The van der Waals surface area contributed by atoms with Gasteiger partial charge in [-0.1, -0.05) is 34.5 Å². The van der Waals surface area contributed by atoms with Crippen LogP contribution in [-0.2, 0) is 6.42 Å². The minimum atomic E-state index is 0.444. The molecule has 0 aromatic heterocycles. The zero-order valence-electron chi connectivity index (χ0n) is 8.27. The van der Waals surface area contributed by atoms with Crippen LogP contribution >= 0.6 is 27.5 Å². The molecule has 0 heterocycles. The zero-order chi connectivity index (χ0) is 10.3. The van der Waals surface area contributed by atoms with E-state index in [9.17, 15) is 0 Å². The Kier molecular flexibility index (Phi) is 2.87. The Hall–Kier alpha value is -0.0500. The second kappa shape index (κ2) is 3.84. The third kappa shape index (κ3) is 1.60. The number of nitrogens with one attached hydrogen (secondary N) is 1. The molecule has 1 aliphatic rings. The van der Waals surface area contributed by atoms with Crippen molar-refractivity contribution in [1.82, 2.24) is 5.32 Å². The lowest BCUT2D eigenvalue weighted by Crippen LogP contribution is -2.19. The average Bonchev–Trinajstić information content (AvgIpc) is 2.41. The summed E-state index contributed by atoms with van der Waals surface area (Å²) in [6.07, 6.45) is 1.08. The molecule has 2 atom stereocenters. The van der Waals surface area contributed by atoms with Gasteiger partial charge in [-0.2, -0.15) is 0 Å². The molecule has 1 aromatic carbocycles. The highest BCUT2D eigenvalue weighted by Gasteiger charge is 2.29. The van der Waals surface area contributed by atoms with Crippen LogP contribution in [0.2, 0.25) is 5.02 Å². The number of hydrogen-bond acceptors (Lipinski definition) is 1. The molecule has 0 saturated heterocycles. The first-order valence-electron chi connectivity index (χ1n) is 4.78. The maximum atomic E-state index is 6.20. The Labute approximate surface area is 98.0 Å². The standard InChI is InChI=1S/C11H13BrClN/c1-6-3-8-9(11(6)14-2)4-7(12)5-10(8)13/h4-6,11,14H,3H2,1-2H3. The second-order valence-corrected chi connectivity index (χ2v) is 5.23. The maximum Gasteiger partial charge on any atom is 0.0452 e. The smallest absolute Gasteiger partial charge is 0.0452 e. The molecule has 76 valence electrons. The molecule has 1 aromatic rings. The van der Waals surface area contributed by atoms with E-state index in [1.807, 2.05) is 13.1 Å². The number of halogens is 2. The minimum absolute atomic E-state index is 0.444. The molecule has 2 rings (SSSR count). The summed E-state index contributed by atoms with van der Waals surface area (Å²) in [5.74, 6) is 0.627. The number of rotatable bonds is 1. The fraction of sp³-hybridized carbons (Fsp3) is 0.455. The van der Waals surface area contributed by atoms with Crippen LogP contribution < -0.4 is 5.32 Å².